The number of nitrogens with zero attached hydrogens (tertiary/aromatic N) is 1. The van der Waals surface area contributed by atoms with E-state index in [1.807, 2.05) is 53.8 Å². The Morgan fingerprint density at radius 3 is 2.20 bits per heavy atom. The third-order valence-corrected chi connectivity index (χ3v) is 11.6. The zero-order valence-corrected chi connectivity index (χ0v) is 34.1. The Kier molecular flexibility index (Phi) is 12.4. The standard InChI is InChI=1S/C29H22NOS.C15H28O2.Ir/c1-29(2,3)24-16-21(15-19-7-4-5-9-22(19)24)26-27-20(11-13-30-26)17-25(31-27)23-10-6-8-18-12-14-32-28(18)23;1-7-14(5,8-2)12(16)11-13(17)15(6,9-3)10-4;/h4-14,16-17H,1-3H3;11,16H,7-10H2,1-6H3;/q-1;;/b;12-11-;. The van der Waals surface area contributed by atoms with Crippen LogP contribution in [0, 0.1) is 16.9 Å². The molecule has 1 radical (unpaired) electrons. The summed E-state index contributed by atoms with van der Waals surface area (Å²) >= 11 is 1.74. The van der Waals surface area contributed by atoms with E-state index < -0.39 is 0 Å². The van der Waals surface area contributed by atoms with Crippen LogP contribution < -0.4 is 0 Å². The number of hydrogen-bond donors (Lipinski definition) is 1. The maximum absolute atomic E-state index is 12.2. The molecule has 6 aromatic rings. The molecule has 0 fully saturated rings. The quantitative estimate of drug-likeness (QED) is 0.0893. The summed E-state index contributed by atoms with van der Waals surface area (Å²) in [5.74, 6) is 1.16. The molecule has 3 aromatic heterocycles. The van der Waals surface area contributed by atoms with Crippen LogP contribution in [0.15, 0.2) is 94.6 Å². The topological polar surface area (TPSA) is 63.3 Å². The first-order chi connectivity index (χ1) is 23.3. The van der Waals surface area contributed by atoms with E-state index in [1.165, 1.54) is 27.1 Å². The van der Waals surface area contributed by atoms with E-state index in [0.717, 1.165) is 64.6 Å². The molecule has 6 heteroatoms. The molecule has 0 amide bonds. The van der Waals surface area contributed by atoms with Crippen molar-refractivity contribution in [1.29, 1.82) is 0 Å². The molecule has 0 aliphatic rings. The number of benzene rings is 3. The summed E-state index contributed by atoms with van der Waals surface area (Å²) in [5, 5.41) is 16.9. The number of hydrogen-bond acceptors (Lipinski definition) is 5. The Balaban J connectivity index is 0.000000269. The predicted octanol–water partition coefficient (Wildman–Crippen LogP) is 13.3. The van der Waals surface area contributed by atoms with Gasteiger partial charge in [0.05, 0.1) is 0 Å². The largest absolute Gasteiger partial charge is 0.512 e. The van der Waals surface area contributed by atoms with Gasteiger partial charge in [0.15, 0.2) is 5.78 Å². The third kappa shape index (κ3) is 7.83. The van der Waals surface area contributed by atoms with Crippen LogP contribution in [0.2, 0.25) is 0 Å². The molecule has 0 saturated carbocycles. The van der Waals surface area contributed by atoms with Gasteiger partial charge in [0.2, 0.25) is 0 Å². The number of carbonyl (C=O) groups is 1. The van der Waals surface area contributed by atoms with Crippen molar-refractivity contribution < 1.29 is 34.4 Å². The maximum Gasteiger partial charge on any atom is 0.164 e. The van der Waals surface area contributed by atoms with Gasteiger partial charge in [-0.3, -0.25) is 9.78 Å². The second-order valence-electron chi connectivity index (χ2n) is 14.7. The Hall–Kier alpha value is -3.57. The van der Waals surface area contributed by atoms with Crippen molar-refractivity contribution in [3.63, 3.8) is 0 Å². The summed E-state index contributed by atoms with van der Waals surface area (Å²) in [6, 6.07) is 26.9. The first-order valence-corrected chi connectivity index (χ1v) is 18.4. The van der Waals surface area contributed by atoms with Crippen molar-refractivity contribution in [2.24, 2.45) is 10.8 Å². The van der Waals surface area contributed by atoms with Gasteiger partial charge < -0.3 is 9.52 Å². The minimum atomic E-state index is -0.337. The molecule has 0 saturated heterocycles. The number of fused-ring (bicyclic) bond motifs is 3. The molecule has 50 heavy (non-hydrogen) atoms. The van der Waals surface area contributed by atoms with Crippen LogP contribution in [0.5, 0.6) is 0 Å². The van der Waals surface area contributed by atoms with Crippen LogP contribution in [-0.2, 0) is 30.3 Å². The molecule has 3 heterocycles. The summed E-state index contributed by atoms with van der Waals surface area (Å²) in [7, 11) is 0. The molecule has 6 rings (SSSR count). The van der Waals surface area contributed by atoms with Crippen molar-refractivity contribution in [2.45, 2.75) is 93.4 Å². The van der Waals surface area contributed by atoms with E-state index in [0.29, 0.717) is 0 Å². The number of pyridine rings is 1. The SMILES string of the molecule is CC(C)(C)c1cc(-c2nccc3cc(-c4cccc5ccsc45)oc23)[c-]c2ccccc12.CCC(C)(CC)C(=O)/C=C(\O)C(C)(CC)CC.[Ir]. The van der Waals surface area contributed by atoms with Crippen LogP contribution in [0.1, 0.15) is 93.6 Å². The number of rotatable bonds is 9. The van der Waals surface area contributed by atoms with Crippen molar-refractivity contribution in [2.75, 3.05) is 0 Å². The zero-order chi connectivity index (χ0) is 35.6. The summed E-state index contributed by atoms with van der Waals surface area (Å²) in [5.41, 5.74) is 4.42. The monoisotopic (exact) mass is 865 g/mol. The normalized spacial score (nSPS) is 12.5. The fourth-order valence-electron chi connectivity index (χ4n) is 6.14. The van der Waals surface area contributed by atoms with Gasteiger partial charge in [-0.05, 0) is 66.1 Å². The fraction of sp³-hybridized carbons (Fsp3) is 0.364. The summed E-state index contributed by atoms with van der Waals surface area (Å²) in [6.07, 6.45) is 6.62. The molecule has 4 nitrogen and oxygen atoms in total. The van der Waals surface area contributed by atoms with E-state index in [9.17, 15) is 9.90 Å². The molecule has 0 spiro atoms. The van der Waals surface area contributed by atoms with Crippen LogP contribution in [0.3, 0.4) is 0 Å². The number of ketones is 1. The van der Waals surface area contributed by atoms with Gasteiger partial charge in [-0.15, -0.1) is 40.5 Å². The molecule has 0 atom stereocenters. The third-order valence-electron chi connectivity index (χ3n) is 10.6. The van der Waals surface area contributed by atoms with E-state index in [1.54, 1.807) is 11.3 Å². The number of carbonyl (C=O) groups excluding carboxylic acids is 1. The van der Waals surface area contributed by atoms with Gasteiger partial charge >= 0.3 is 0 Å². The summed E-state index contributed by atoms with van der Waals surface area (Å²) in [6.45, 7) is 18.8. The minimum absolute atomic E-state index is 0. The van der Waals surface area contributed by atoms with Gasteiger partial charge in [-0.2, -0.15) is 0 Å². The van der Waals surface area contributed by atoms with E-state index in [2.05, 4.69) is 92.9 Å². The molecular formula is C44H50IrNO3S-. The Morgan fingerprint density at radius 1 is 0.860 bits per heavy atom. The number of aromatic nitrogens is 1. The Labute approximate surface area is 315 Å². The van der Waals surface area contributed by atoms with Crippen LogP contribution in [-0.4, -0.2) is 15.9 Å². The number of aliphatic hydroxyl groups excluding tert-OH is 1. The fourth-order valence-corrected chi connectivity index (χ4v) is 7.06. The van der Waals surface area contributed by atoms with Crippen LogP contribution >= 0.6 is 11.3 Å². The van der Waals surface area contributed by atoms with Gasteiger partial charge in [0.1, 0.15) is 17.1 Å². The maximum atomic E-state index is 12.2. The number of furan rings is 1. The average Bonchev–Trinajstić information content (AvgIpc) is 3.78. The number of allylic oxidation sites excluding steroid dienone is 2. The van der Waals surface area contributed by atoms with Crippen LogP contribution in [0.25, 0.3) is 54.4 Å². The van der Waals surface area contributed by atoms with Gasteiger partial charge in [0.25, 0.3) is 0 Å². The first-order valence-electron chi connectivity index (χ1n) is 17.5. The summed E-state index contributed by atoms with van der Waals surface area (Å²) in [4.78, 5) is 16.9. The molecule has 1 N–H and O–H groups in total. The molecule has 0 bridgehead atoms. The molecule has 3 aromatic carbocycles. The van der Waals surface area contributed by atoms with Crippen molar-refractivity contribution in [3.8, 4) is 22.6 Å². The average molecular weight is 865 g/mol. The smallest absolute Gasteiger partial charge is 0.164 e. The van der Waals surface area contributed by atoms with Crippen molar-refractivity contribution in [3.05, 3.63) is 102 Å². The van der Waals surface area contributed by atoms with Gasteiger partial charge in [-0.25, -0.2) is 0 Å². The van der Waals surface area contributed by atoms with Crippen LogP contribution in [0.4, 0.5) is 0 Å². The predicted molar refractivity (Wildman–Crippen MR) is 208 cm³/mol. The van der Waals surface area contributed by atoms with E-state index >= 15 is 0 Å². The summed E-state index contributed by atoms with van der Waals surface area (Å²) < 4.78 is 7.72. The minimum Gasteiger partial charge on any atom is -0.512 e. The Bertz CT molecular complexity index is 2120. The molecule has 265 valence electrons. The Morgan fingerprint density at radius 2 is 1.54 bits per heavy atom. The van der Waals surface area contributed by atoms with Crippen molar-refractivity contribution >= 4 is 48.9 Å². The molecular weight excluding hydrogens is 815 g/mol. The number of aliphatic hydroxyl groups is 1. The molecule has 0 aliphatic carbocycles. The van der Waals surface area contributed by atoms with E-state index in [-0.39, 0.29) is 47.9 Å². The molecule has 0 aliphatic heterocycles. The van der Waals surface area contributed by atoms with Gasteiger partial charge in [0, 0.05) is 64.6 Å². The second-order valence-corrected chi connectivity index (χ2v) is 15.6. The first kappa shape index (κ1) is 39.2. The second kappa shape index (κ2) is 15.8. The van der Waals surface area contributed by atoms with Crippen molar-refractivity contribution in [1.82, 2.24) is 4.98 Å². The van der Waals surface area contributed by atoms with E-state index in [4.69, 9.17) is 9.40 Å². The zero-order valence-electron chi connectivity index (χ0n) is 30.9. The number of thiophene rings is 1. The van der Waals surface area contributed by atoms with Gasteiger partial charge in [-0.1, -0.05) is 104 Å². The molecule has 0 unspecified atom stereocenters.